The molecule has 0 radical (unpaired) electrons. The summed E-state index contributed by atoms with van der Waals surface area (Å²) in [7, 11) is 1.72. The van der Waals surface area contributed by atoms with Crippen molar-refractivity contribution in [3.63, 3.8) is 0 Å². The van der Waals surface area contributed by atoms with E-state index in [0.717, 1.165) is 24.6 Å². The van der Waals surface area contributed by atoms with E-state index in [1.54, 1.807) is 7.11 Å². The zero-order chi connectivity index (χ0) is 15.1. The van der Waals surface area contributed by atoms with Gasteiger partial charge in [0.15, 0.2) is 11.5 Å². The van der Waals surface area contributed by atoms with E-state index in [2.05, 4.69) is 37.4 Å². The van der Waals surface area contributed by atoms with Crippen molar-refractivity contribution >= 4 is 0 Å². The van der Waals surface area contributed by atoms with Crippen LogP contribution in [0.3, 0.4) is 0 Å². The molecule has 0 aliphatic heterocycles. The molecule has 1 N–H and O–H groups in total. The lowest BCUT2D eigenvalue weighted by Crippen LogP contribution is -2.20. The summed E-state index contributed by atoms with van der Waals surface area (Å²) in [4.78, 5) is 0. The number of hydrogen-bond acceptors (Lipinski definition) is 3. The maximum Gasteiger partial charge on any atom is 0.161 e. The molecular weight excluding hydrogens is 262 g/mol. The molecule has 3 nitrogen and oxygen atoms in total. The molecule has 1 aliphatic carbocycles. The molecule has 118 valence electrons. The van der Waals surface area contributed by atoms with Crippen LogP contribution in [0.4, 0.5) is 0 Å². The highest BCUT2D eigenvalue weighted by Crippen LogP contribution is 2.31. The first-order chi connectivity index (χ1) is 10.2. The average molecular weight is 291 g/mol. The molecule has 0 heterocycles. The van der Waals surface area contributed by atoms with Gasteiger partial charge >= 0.3 is 0 Å². The molecule has 2 rings (SSSR count). The lowest BCUT2D eigenvalue weighted by Gasteiger charge is -2.24. The van der Waals surface area contributed by atoms with Gasteiger partial charge in [-0.3, -0.25) is 0 Å². The molecule has 1 aromatic carbocycles. The Bertz CT molecular complexity index is 425. The molecule has 1 saturated carbocycles. The van der Waals surface area contributed by atoms with E-state index in [1.807, 2.05) is 0 Å². The second kappa shape index (κ2) is 8.28. The standard InChI is InChI=1S/C18H29NO2/c1-14(2)12-19-13-15-9-10-17(18(11-15)20-3)21-16-7-5-4-6-8-16/h9-11,14,16,19H,4-8,12-13H2,1-3H3. The quantitative estimate of drug-likeness (QED) is 0.818. The fourth-order valence-electron chi connectivity index (χ4n) is 2.79. The van der Waals surface area contributed by atoms with Gasteiger partial charge in [-0.15, -0.1) is 0 Å². The summed E-state index contributed by atoms with van der Waals surface area (Å²) in [6.45, 7) is 6.34. The first-order valence-corrected chi connectivity index (χ1v) is 8.23. The Hall–Kier alpha value is -1.22. The van der Waals surface area contributed by atoms with E-state index >= 15 is 0 Å². The van der Waals surface area contributed by atoms with Gasteiger partial charge in [0, 0.05) is 6.54 Å². The van der Waals surface area contributed by atoms with Crippen LogP contribution in [0.25, 0.3) is 0 Å². The van der Waals surface area contributed by atoms with Crippen molar-refractivity contribution in [1.82, 2.24) is 5.32 Å². The minimum Gasteiger partial charge on any atom is -0.493 e. The molecule has 0 amide bonds. The molecule has 0 spiro atoms. The third-order valence-corrected chi connectivity index (χ3v) is 3.96. The van der Waals surface area contributed by atoms with Gasteiger partial charge in [0.1, 0.15) is 0 Å². The third kappa shape index (κ3) is 5.24. The summed E-state index contributed by atoms with van der Waals surface area (Å²) in [5.41, 5.74) is 1.24. The van der Waals surface area contributed by atoms with Gasteiger partial charge in [0.2, 0.25) is 0 Å². The van der Waals surface area contributed by atoms with Gasteiger partial charge in [-0.25, -0.2) is 0 Å². The van der Waals surface area contributed by atoms with Crippen LogP contribution in [-0.2, 0) is 6.54 Å². The smallest absolute Gasteiger partial charge is 0.161 e. The molecule has 1 aliphatic rings. The largest absolute Gasteiger partial charge is 0.493 e. The molecule has 0 atom stereocenters. The summed E-state index contributed by atoms with van der Waals surface area (Å²) in [6.07, 6.45) is 6.60. The molecule has 1 fully saturated rings. The fourth-order valence-corrected chi connectivity index (χ4v) is 2.79. The molecule has 3 heteroatoms. The lowest BCUT2D eigenvalue weighted by atomic mass is 9.98. The SMILES string of the molecule is COc1cc(CNCC(C)C)ccc1OC1CCCCC1. The molecule has 21 heavy (non-hydrogen) atoms. The second-order valence-corrected chi connectivity index (χ2v) is 6.39. The van der Waals surface area contributed by atoms with Gasteiger partial charge in [-0.2, -0.15) is 0 Å². The first kappa shape index (κ1) is 16.2. The maximum absolute atomic E-state index is 6.13. The van der Waals surface area contributed by atoms with E-state index in [0.29, 0.717) is 12.0 Å². The van der Waals surface area contributed by atoms with E-state index in [-0.39, 0.29) is 0 Å². The zero-order valence-corrected chi connectivity index (χ0v) is 13.7. The number of rotatable bonds is 7. The summed E-state index contributed by atoms with van der Waals surface area (Å²) >= 11 is 0. The molecule has 0 saturated heterocycles. The van der Waals surface area contributed by atoms with Crippen molar-refractivity contribution in [2.45, 2.75) is 58.6 Å². The van der Waals surface area contributed by atoms with Gasteiger partial charge in [-0.1, -0.05) is 26.3 Å². The van der Waals surface area contributed by atoms with Crippen molar-refractivity contribution in [1.29, 1.82) is 0 Å². The normalized spacial score (nSPS) is 16.2. The molecule has 0 unspecified atom stereocenters. The Balaban J connectivity index is 1.95. The average Bonchev–Trinajstić information content (AvgIpc) is 2.49. The van der Waals surface area contributed by atoms with Crippen LogP contribution in [0, 0.1) is 5.92 Å². The van der Waals surface area contributed by atoms with Crippen molar-refractivity contribution in [2.24, 2.45) is 5.92 Å². The minimum atomic E-state index is 0.359. The number of ether oxygens (including phenoxy) is 2. The summed E-state index contributed by atoms with van der Waals surface area (Å²) in [6, 6.07) is 6.28. The Morgan fingerprint density at radius 1 is 1.14 bits per heavy atom. The van der Waals surface area contributed by atoms with E-state index in [9.17, 15) is 0 Å². The second-order valence-electron chi connectivity index (χ2n) is 6.39. The zero-order valence-electron chi connectivity index (χ0n) is 13.7. The predicted octanol–water partition coefficient (Wildman–Crippen LogP) is 4.15. The van der Waals surface area contributed by atoms with Crippen molar-refractivity contribution in [2.75, 3.05) is 13.7 Å². The van der Waals surface area contributed by atoms with Gasteiger partial charge < -0.3 is 14.8 Å². The minimum absolute atomic E-state index is 0.359. The van der Waals surface area contributed by atoms with Crippen LogP contribution in [0.15, 0.2) is 18.2 Å². The Labute approximate surface area is 129 Å². The Morgan fingerprint density at radius 2 is 1.90 bits per heavy atom. The molecule has 1 aromatic rings. The summed E-state index contributed by atoms with van der Waals surface area (Å²) < 4.78 is 11.6. The highest BCUT2D eigenvalue weighted by Gasteiger charge is 2.17. The summed E-state index contributed by atoms with van der Waals surface area (Å²) in [5.74, 6) is 2.40. The highest BCUT2D eigenvalue weighted by molar-refractivity contribution is 5.43. The van der Waals surface area contributed by atoms with E-state index in [4.69, 9.17) is 9.47 Å². The monoisotopic (exact) mass is 291 g/mol. The van der Waals surface area contributed by atoms with Gasteiger partial charge in [-0.05, 0) is 55.8 Å². The topological polar surface area (TPSA) is 30.5 Å². The number of nitrogens with one attached hydrogen (secondary N) is 1. The van der Waals surface area contributed by atoms with Crippen LogP contribution < -0.4 is 14.8 Å². The van der Waals surface area contributed by atoms with Crippen LogP contribution in [0.2, 0.25) is 0 Å². The maximum atomic E-state index is 6.13. The van der Waals surface area contributed by atoms with Gasteiger partial charge in [0.25, 0.3) is 0 Å². The molecular formula is C18H29NO2. The molecule has 0 bridgehead atoms. The Kier molecular flexibility index (Phi) is 6.37. The lowest BCUT2D eigenvalue weighted by molar-refractivity contribution is 0.149. The molecule has 0 aromatic heterocycles. The Morgan fingerprint density at radius 3 is 2.57 bits per heavy atom. The van der Waals surface area contributed by atoms with Crippen LogP contribution in [0.5, 0.6) is 11.5 Å². The van der Waals surface area contributed by atoms with E-state index < -0.39 is 0 Å². The fraction of sp³-hybridized carbons (Fsp3) is 0.667. The highest BCUT2D eigenvalue weighted by atomic mass is 16.5. The van der Waals surface area contributed by atoms with Crippen LogP contribution in [-0.4, -0.2) is 19.8 Å². The number of benzene rings is 1. The first-order valence-electron chi connectivity index (χ1n) is 8.23. The van der Waals surface area contributed by atoms with Gasteiger partial charge in [0.05, 0.1) is 13.2 Å². The van der Waals surface area contributed by atoms with Crippen molar-refractivity contribution in [3.8, 4) is 11.5 Å². The van der Waals surface area contributed by atoms with Crippen molar-refractivity contribution in [3.05, 3.63) is 23.8 Å². The third-order valence-electron chi connectivity index (χ3n) is 3.96. The number of methoxy groups -OCH3 is 1. The van der Waals surface area contributed by atoms with E-state index in [1.165, 1.54) is 37.7 Å². The number of hydrogen-bond donors (Lipinski definition) is 1. The van der Waals surface area contributed by atoms with Crippen molar-refractivity contribution < 1.29 is 9.47 Å². The predicted molar refractivity (Wildman–Crippen MR) is 87.0 cm³/mol. The van der Waals surface area contributed by atoms with Crippen LogP contribution >= 0.6 is 0 Å². The summed E-state index contributed by atoms with van der Waals surface area (Å²) in [5, 5.41) is 3.46. The van der Waals surface area contributed by atoms with Crippen LogP contribution in [0.1, 0.15) is 51.5 Å².